The molecular weight excluding hydrogens is 590 g/mol. The third-order valence-electron chi connectivity index (χ3n) is 7.72. The highest BCUT2D eigenvalue weighted by Gasteiger charge is 2.45. The number of nitrogens with zero attached hydrogens (tertiary/aromatic N) is 2. The molecule has 0 unspecified atom stereocenters. The minimum absolute atomic E-state index is 0.0842. The van der Waals surface area contributed by atoms with E-state index in [1.807, 2.05) is 12.1 Å². The predicted molar refractivity (Wildman–Crippen MR) is 169 cm³/mol. The Hall–Kier alpha value is -6.69. The fourth-order valence-electron chi connectivity index (χ4n) is 5.59. The number of nitro groups is 2. The van der Waals surface area contributed by atoms with Crippen LogP contribution in [0, 0.1) is 20.2 Å². The van der Waals surface area contributed by atoms with Crippen molar-refractivity contribution in [2.75, 3.05) is 10.6 Å². The van der Waals surface area contributed by atoms with Crippen LogP contribution in [0.25, 0.3) is 0 Å². The summed E-state index contributed by atoms with van der Waals surface area (Å²) in [5.74, 6) is -1.58. The Morgan fingerprint density at radius 1 is 0.587 bits per heavy atom. The highest BCUT2D eigenvalue weighted by atomic mass is 16.6. The van der Waals surface area contributed by atoms with Crippen LogP contribution in [-0.4, -0.2) is 27.6 Å². The van der Waals surface area contributed by atoms with Gasteiger partial charge < -0.3 is 16.0 Å². The third kappa shape index (κ3) is 5.19. The quantitative estimate of drug-likeness (QED) is 0.141. The summed E-state index contributed by atoms with van der Waals surface area (Å²) in [7, 11) is 0. The summed E-state index contributed by atoms with van der Waals surface area (Å²) in [6.45, 7) is 0. The molecule has 0 saturated heterocycles. The second kappa shape index (κ2) is 11.8. The SMILES string of the molecule is O=C(Nc1ccc(C2(c3ccc(NC(=O)c4ccccc4[N+](=O)[O-])cc3)NC(=O)c3ccccc32)cc1)c1ccccc1[N+](=O)[O-]. The van der Waals surface area contributed by atoms with E-state index in [1.54, 1.807) is 60.7 Å². The van der Waals surface area contributed by atoms with E-state index in [4.69, 9.17) is 0 Å². The smallest absolute Gasteiger partial charge is 0.282 e. The Kier molecular flexibility index (Phi) is 7.52. The van der Waals surface area contributed by atoms with Gasteiger partial charge in [-0.25, -0.2) is 0 Å². The van der Waals surface area contributed by atoms with Crippen molar-refractivity contribution in [3.8, 4) is 0 Å². The largest absolute Gasteiger partial charge is 0.334 e. The van der Waals surface area contributed by atoms with Gasteiger partial charge in [0.1, 0.15) is 16.7 Å². The molecular formula is C34H23N5O7. The summed E-state index contributed by atoms with van der Waals surface area (Å²) >= 11 is 0. The van der Waals surface area contributed by atoms with Gasteiger partial charge in [0, 0.05) is 29.1 Å². The van der Waals surface area contributed by atoms with Gasteiger partial charge in [0.05, 0.1) is 9.85 Å². The van der Waals surface area contributed by atoms with Crippen LogP contribution in [0.3, 0.4) is 0 Å². The van der Waals surface area contributed by atoms with Crippen molar-refractivity contribution in [3.63, 3.8) is 0 Å². The highest BCUT2D eigenvalue weighted by molar-refractivity contribution is 6.08. The maximum Gasteiger partial charge on any atom is 0.282 e. The van der Waals surface area contributed by atoms with Gasteiger partial charge in [-0.05, 0) is 59.2 Å². The molecule has 1 heterocycles. The summed E-state index contributed by atoms with van der Waals surface area (Å²) in [4.78, 5) is 60.5. The molecule has 0 saturated carbocycles. The number of nitrogens with one attached hydrogen (secondary N) is 3. The van der Waals surface area contributed by atoms with Crippen molar-refractivity contribution >= 4 is 40.5 Å². The Morgan fingerprint density at radius 2 is 1.00 bits per heavy atom. The zero-order valence-electron chi connectivity index (χ0n) is 23.8. The van der Waals surface area contributed by atoms with Crippen LogP contribution in [0.4, 0.5) is 22.7 Å². The standard InChI is InChI=1S/C34H23N5O7/c40-31(26-8-2-5-11-29(26)38(43)44)35-23-17-13-21(14-18-23)34(28-10-4-1-7-25(28)33(42)37-34)22-15-19-24(20-16-22)36-32(41)27-9-3-6-12-30(27)39(45)46/h1-20H,(H,35,40)(H,36,41)(H,37,42). The van der Waals surface area contributed by atoms with E-state index in [0.29, 0.717) is 33.6 Å². The number of para-hydroxylation sites is 2. The molecule has 0 atom stereocenters. The molecule has 5 aromatic carbocycles. The molecule has 12 nitrogen and oxygen atoms in total. The number of fused-ring (bicyclic) bond motifs is 1. The van der Waals surface area contributed by atoms with Gasteiger partial charge in [0.2, 0.25) is 0 Å². The van der Waals surface area contributed by atoms with E-state index in [1.165, 1.54) is 48.5 Å². The molecule has 6 rings (SSSR count). The molecule has 3 N–H and O–H groups in total. The van der Waals surface area contributed by atoms with Crippen molar-refractivity contribution in [1.82, 2.24) is 5.32 Å². The summed E-state index contributed by atoms with van der Waals surface area (Å²) < 4.78 is 0. The van der Waals surface area contributed by atoms with Crippen LogP contribution in [0.2, 0.25) is 0 Å². The minimum atomic E-state index is -1.14. The summed E-state index contributed by atoms with van der Waals surface area (Å²) in [5.41, 5.74) is 1.30. The topological polar surface area (TPSA) is 174 Å². The molecule has 46 heavy (non-hydrogen) atoms. The number of carbonyl (C=O) groups excluding carboxylic acids is 3. The maximum absolute atomic E-state index is 13.2. The van der Waals surface area contributed by atoms with Gasteiger partial charge in [-0.1, -0.05) is 66.7 Å². The van der Waals surface area contributed by atoms with Gasteiger partial charge in [0.15, 0.2) is 0 Å². The molecule has 0 fully saturated rings. The third-order valence-corrected chi connectivity index (χ3v) is 7.72. The summed E-state index contributed by atoms with van der Waals surface area (Å²) in [6, 6.07) is 31.9. The molecule has 3 amide bonds. The first-order valence-corrected chi connectivity index (χ1v) is 13.9. The predicted octanol–water partition coefficient (Wildman–Crippen LogP) is 6.04. The number of carbonyl (C=O) groups is 3. The highest BCUT2D eigenvalue weighted by Crippen LogP contribution is 2.43. The Labute approximate surface area is 261 Å². The van der Waals surface area contributed by atoms with Crippen molar-refractivity contribution in [2.24, 2.45) is 0 Å². The van der Waals surface area contributed by atoms with Crippen molar-refractivity contribution < 1.29 is 24.2 Å². The molecule has 0 bridgehead atoms. The Bertz CT molecular complexity index is 1930. The second-order valence-corrected chi connectivity index (χ2v) is 10.4. The van der Waals surface area contributed by atoms with Gasteiger partial charge >= 0.3 is 0 Å². The van der Waals surface area contributed by atoms with Crippen LogP contribution < -0.4 is 16.0 Å². The lowest BCUT2D eigenvalue weighted by atomic mass is 9.78. The minimum Gasteiger partial charge on any atom is -0.334 e. The molecule has 12 heteroatoms. The van der Waals surface area contributed by atoms with E-state index in [2.05, 4.69) is 16.0 Å². The summed E-state index contributed by atoms with van der Waals surface area (Å²) in [5, 5.41) is 31.3. The van der Waals surface area contributed by atoms with Crippen molar-refractivity contribution in [2.45, 2.75) is 5.54 Å². The van der Waals surface area contributed by atoms with Gasteiger partial charge in [-0.15, -0.1) is 0 Å². The fourth-order valence-corrected chi connectivity index (χ4v) is 5.59. The average molecular weight is 614 g/mol. The number of rotatable bonds is 8. The molecule has 0 aromatic heterocycles. The van der Waals surface area contributed by atoms with E-state index in [0.717, 1.165) is 0 Å². The zero-order valence-corrected chi connectivity index (χ0v) is 23.8. The summed E-state index contributed by atoms with van der Waals surface area (Å²) in [6.07, 6.45) is 0. The van der Waals surface area contributed by atoms with Crippen molar-refractivity contribution in [1.29, 1.82) is 0 Å². The second-order valence-electron chi connectivity index (χ2n) is 10.4. The van der Waals surface area contributed by atoms with Crippen LogP contribution in [0.1, 0.15) is 47.8 Å². The number of benzene rings is 5. The number of hydrogen-bond donors (Lipinski definition) is 3. The normalized spacial score (nSPS) is 12.8. The number of nitro benzene ring substituents is 2. The molecule has 0 spiro atoms. The van der Waals surface area contributed by atoms with E-state index in [-0.39, 0.29) is 28.4 Å². The molecule has 1 aliphatic heterocycles. The van der Waals surface area contributed by atoms with Gasteiger partial charge in [0.25, 0.3) is 29.1 Å². The Balaban J connectivity index is 1.32. The van der Waals surface area contributed by atoms with Gasteiger partial charge in [-0.3, -0.25) is 34.6 Å². The molecule has 226 valence electrons. The first kappa shape index (κ1) is 29.4. The number of anilines is 2. The molecule has 1 aliphatic rings. The van der Waals surface area contributed by atoms with E-state index < -0.39 is 27.2 Å². The average Bonchev–Trinajstić information content (AvgIpc) is 3.38. The lowest BCUT2D eigenvalue weighted by molar-refractivity contribution is -0.385. The molecule has 0 aliphatic carbocycles. The monoisotopic (exact) mass is 613 g/mol. The maximum atomic E-state index is 13.2. The van der Waals surface area contributed by atoms with Gasteiger partial charge in [-0.2, -0.15) is 0 Å². The molecule has 0 radical (unpaired) electrons. The van der Waals surface area contributed by atoms with Crippen LogP contribution in [-0.2, 0) is 5.54 Å². The Morgan fingerprint density at radius 3 is 1.46 bits per heavy atom. The van der Waals surface area contributed by atoms with Crippen molar-refractivity contribution in [3.05, 3.63) is 175 Å². The van der Waals surface area contributed by atoms with E-state index in [9.17, 15) is 34.6 Å². The number of hydrogen-bond acceptors (Lipinski definition) is 7. The molecule has 5 aromatic rings. The van der Waals surface area contributed by atoms with Crippen LogP contribution in [0.5, 0.6) is 0 Å². The van der Waals surface area contributed by atoms with Crippen LogP contribution in [0.15, 0.2) is 121 Å². The zero-order chi connectivity index (χ0) is 32.4. The first-order valence-electron chi connectivity index (χ1n) is 13.9. The lowest BCUT2D eigenvalue weighted by Crippen LogP contribution is -2.41. The van der Waals surface area contributed by atoms with Crippen LogP contribution >= 0.6 is 0 Å². The first-order chi connectivity index (χ1) is 22.2. The lowest BCUT2D eigenvalue weighted by Gasteiger charge is -2.32. The number of amides is 3. The fraction of sp³-hybridized carbons (Fsp3) is 0.0294. The van der Waals surface area contributed by atoms with E-state index >= 15 is 0 Å².